The highest BCUT2D eigenvalue weighted by atomic mass is 35.5. The van der Waals surface area contributed by atoms with Gasteiger partial charge in [-0.1, -0.05) is 60.5 Å². The van der Waals surface area contributed by atoms with Crippen LogP contribution in [-0.4, -0.2) is 43.3 Å². The Hall–Kier alpha value is -3.14. The van der Waals surface area contributed by atoms with Crippen LogP contribution in [0.2, 0.25) is 10.0 Å². The van der Waals surface area contributed by atoms with Gasteiger partial charge >= 0.3 is 0 Å². The molecule has 0 saturated heterocycles. The number of carbonyl (C=O) groups is 2. The molecule has 11 heteroatoms. The summed E-state index contributed by atoms with van der Waals surface area (Å²) in [5, 5.41) is 3.26. The number of anilines is 1. The SMILES string of the molecule is CC[C@@H](C(=O)NC(C)(C)C)N(Cc1ccc(F)cc1)C(=O)CN(c1cc(Cl)cc(Cl)c1)S(=O)(=O)c1ccccc1. The second-order valence-corrected chi connectivity index (χ2v) is 13.0. The van der Waals surface area contributed by atoms with Crippen molar-refractivity contribution in [2.75, 3.05) is 10.8 Å². The van der Waals surface area contributed by atoms with Crippen LogP contribution in [0.4, 0.5) is 10.1 Å². The quantitative estimate of drug-likeness (QED) is 0.304. The molecule has 0 saturated carbocycles. The van der Waals surface area contributed by atoms with Gasteiger partial charge in [0.15, 0.2) is 0 Å². The van der Waals surface area contributed by atoms with Gasteiger partial charge in [-0.15, -0.1) is 0 Å². The predicted molar refractivity (Wildman–Crippen MR) is 156 cm³/mol. The van der Waals surface area contributed by atoms with E-state index in [1.165, 1.54) is 59.5 Å². The molecule has 2 amide bonds. The maximum Gasteiger partial charge on any atom is 0.264 e. The van der Waals surface area contributed by atoms with E-state index in [0.717, 1.165) is 4.31 Å². The number of amides is 2. The standard InChI is InChI=1S/C29H32Cl2FN3O4S/c1-5-26(28(37)33-29(2,3)4)34(18-20-11-13-23(32)14-12-20)27(36)19-35(24-16-21(30)15-22(31)17-24)40(38,39)25-9-7-6-8-10-25/h6-17,26H,5,18-19H2,1-4H3,(H,33,37)/t26-/m0/s1. The van der Waals surface area contributed by atoms with Gasteiger partial charge in [-0.05, 0) is 75.2 Å². The summed E-state index contributed by atoms with van der Waals surface area (Å²) in [5.74, 6) is -1.48. The van der Waals surface area contributed by atoms with E-state index in [9.17, 15) is 22.4 Å². The summed E-state index contributed by atoms with van der Waals surface area (Å²) in [6, 6.07) is 16.5. The Morgan fingerprint density at radius 3 is 2.05 bits per heavy atom. The first-order chi connectivity index (χ1) is 18.7. The molecule has 40 heavy (non-hydrogen) atoms. The van der Waals surface area contributed by atoms with Crippen molar-refractivity contribution < 1.29 is 22.4 Å². The topological polar surface area (TPSA) is 86.8 Å². The van der Waals surface area contributed by atoms with E-state index >= 15 is 0 Å². The van der Waals surface area contributed by atoms with Gasteiger partial charge in [-0.3, -0.25) is 13.9 Å². The van der Waals surface area contributed by atoms with Crippen LogP contribution in [0.3, 0.4) is 0 Å². The molecule has 0 radical (unpaired) electrons. The van der Waals surface area contributed by atoms with E-state index in [2.05, 4.69) is 5.32 Å². The van der Waals surface area contributed by atoms with Gasteiger partial charge < -0.3 is 10.2 Å². The summed E-state index contributed by atoms with van der Waals surface area (Å²) >= 11 is 12.4. The molecule has 1 N–H and O–H groups in total. The van der Waals surface area contributed by atoms with Gasteiger partial charge in [-0.2, -0.15) is 0 Å². The molecule has 0 aromatic heterocycles. The molecule has 7 nitrogen and oxygen atoms in total. The van der Waals surface area contributed by atoms with Crippen molar-refractivity contribution in [3.63, 3.8) is 0 Å². The van der Waals surface area contributed by atoms with E-state index in [4.69, 9.17) is 23.2 Å². The fourth-order valence-corrected chi connectivity index (χ4v) is 6.02. The van der Waals surface area contributed by atoms with Crippen LogP contribution < -0.4 is 9.62 Å². The Kier molecular flexibility index (Phi) is 10.2. The van der Waals surface area contributed by atoms with Crippen LogP contribution in [0, 0.1) is 5.82 Å². The Balaban J connectivity index is 2.09. The lowest BCUT2D eigenvalue weighted by atomic mass is 10.1. The summed E-state index contributed by atoms with van der Waals surface area (Å²) in [7, 11) is -4.26. The molecule has 0 heterocycles. The number of sulfonamides is 1. The molecule has 0 bridgehead atoms. The molecular formula is C29H32Cl2FN3O4S. The number of rotatable bonds is 10. The fraction of sp³-hybridized carbons (Fsp3) is 0.310. The maximum absolute atomic E-state index is 14.0. The zero-order chi connectivity index (χ0) is 29.7. The van der Waals surface area contributed by atoms with Crippen LogP contribution in [-0.2, 0) is 26.2 Å². The number of halogens is 3. The summed E-state index contributed by atoms with van der Waals surface area (Å²) in [6.07, 6.45) is 0.253. The van der Waals surface area contributed by atoms with Crippen molar-refractivity contribution in [2.45, 2.75) is 57.1 Å². The van der Waals surface area contributed by atoms with Crippen LogP contribution in [0.5, 0.6) is 0 Å². The minimum absolute atomic E-state index is 0.0403. The van der Waals surface area contributed by atoms with E-state index in [1.54, 1.807) is 25.1 Å². The predicted octanol–water partition coefficient (Wildman–Crippen LogP) is 6.05. The van der Waals surface area contributed by atoms with E-state index in [-0.39, 0.29) is 33.6 Å². The summed E-state index contributed by atoms with van der Waals surface area (Å²) in [4.78, 5) is 28.6. The highest BCUT2D eigenvalue weighted by molar-refractivity contribution is 7.92. The number of nitrogens with one attached hydrogen (secondary N) is 1. The van der Waals surface area contributed by atoms with Gasteiger partial charge in [0.25, 0.3) is 10.0 Å². The lowest BCUT2D eigenvalue weighted by Gasteiger charge is -2.34. The minimum Gasteiger partial charge on any atom is -0.350 e. The van der Waals surface area contributed by atoms with Crippen molar-refractivity contribution in [1.82, 2.24) is 10.2 Å². The van der Waals surface area contributed by atoms with Crippen molar-refractivity contribution in [2.24, 2.45) is 0 Å². The van der Waals surface area contributed by atoms with Crippen molar-refractivity contribution in [3.05, 3.63) is 94.2 Å². The largest absolute Gasteiger partial charge is 0.350 e. The minimum atomic E-state index is -4.26. The second kappa shape index (κ2) is 13.0. The maximum atomic E-state index is 14.0. The van der Waals surface area contributed by atoms with Gasteiger partial charge in [0, 0.05) is 22.1 Å². The van der Waals surface area contributed by atoms with Crippen molar-refractivity contribution >= 4 is 50.7 Å². The monoisotopic (exact) mass is 607 g/mol. The molecule has 0 spiro atoms. The van der Waals surface area contributed by atoms with E-state index < -0.39 is 45.8 Å². The zero-order valence-electron chi connectivity index (χ0n) is 22.7. The van der Waals surface area contributed by atoms with Gasteiger partial charge in [-0.25, -0.2) is 12.8 Å². The molecule has 3 rings (SSSR count). The highest BCUT2D eigenvalue weighted by Crippen LogP contribution is 2.30. The molecule has 0 unspecified atom stereocenters. The number of hydrogen-bond donors (Lipinski definition) is 1. The molecule has 3 aromatic rings. The number of benzene rings is 3. The molecule has 0 aliphatic carbocycles. The average Bonchev–Trinajstić information content (AvgIpc) is 2.87. The van der Waals surface area contributed by atoms with Crippen LogP contribution >= 0.6 is 23.2 Å². The van der Waals surface area contributed by atoms with Crippen LogP contribution in [0.1, 0.15) is 39.7 Å². The fourth-order valence-electron chi connectivity index (χ4n) is 4.09. The lowest BCUT2D eigenvalue weighted by molar-refractivity contribution is -0.141. The molecule has 0 aliphatic rings. The normalized spacial score (nSPS) is 12.5. The van der Waals surface area contributed by atoms with E-state index in [0.29, 0.717) is 5.56 Å². The van der Waals surface area contributed by atoms with Crippen molar-refractivity contribution in [1.29, 1.82) is 0 Å². The lowest BCUT2D eigenvalue weighted by Crippen LogP contribution is -2.55. The number of hydrogen-bond acceptors (Lipinski definition) is 4. The summed E-state index contributed by atoms with van der Waals surface area (Å²) in [5.41, 5.74) is 0.0821. The summed E-state index contributed by atoms with van der Waals surface area (Å²) < 4.78 is 42.2. The average molecular weight is 609 g/mol. The van der Waals surface area contributed by atoms with Crippen LogP contribution in [0.25, 0.3) is 0 Å². The Bertz CT molecular complexity index is 1430. The molecule has 1 atom stereocenters. The summed E-state index contributed by atoms with van der Waals surface area (Å²) in [6.45, 7) is 6.52. The number of nitrogens with zero attached hydrogens (tertiary/aromatic N) is 2. The third kappa shape index (κ3) is 8.19. The molecule has 214 valence electrons. The van der Waals surface area contributed by atoms with Gasteiger partial charge in [0.2, 0.25) is 11.8 Å². The van der Waals surface area contributed by atoms with Crippen molar-refractivity contribution in [3.8, 4) is 0 Å². The Morgan fingerprint density at radius 1 is 0.950 bits per heavy atom. The molecule has 0 aliphatic heterocycles. The molecular weight excluding hydrogens is 576 g/mol. The number of carbonyl (C=O) groups excluding carboxylic acids is 2. The van der Waals surface area contributed by atoms with E-state index in [1.807, 2.05) is 20.8 Å². The van der Waals surface area contributed by atoms with Gasteiger partial charge in [0.1, 0.15) is 18.4 Å². The smallest absolute Gasteiger partial charge is 0.264 e. The molecule has 0 fully saturated rings. The third-order valence-corrected chi connectivity index (χ3v) is 8.12. The molecule has 3 aromatic carbocycles. The Morgan fingerprint density at radius 2 is 1.52 bits per heavy atom. The first-order valence-corrected chi connectivity index (χ1v) is 14.8. The van der Waals surface area contributed by atoms with Gasteiger partial charge in [0.05, 0.1) is 10.6 Å². The zero-order valence-corrected chi connectivity index (χ0v) is 25.0. The first kappa shape index (κ1) is 31.4. The first-order valence-electron chi connectivity index (χ1n) is 12.6. The second-order valence-electron chi connectivity index (χ2n) is 10.3. The highest BCUT2D eigenvalue weighted by Gasteiger charge is 2.34. The Labute approximate surface area is 244 Å². The third-order valence-electron chi connectivity index (χ3n) is 5.90. The van der Waals surface area contributed by atoms with Crippen LogP contribution in [0.15, 0.2) is 77.7 Å².